The van der Waals surface area contributed by atoms with Gasteiger partial charge in [0.15, 0.2) is 0 Å². The molecule has 0 radical (unpaired) electrons. The van der Waals surface area contributed by atoms with Crippen LogP contribution in [0.5, 0.6) is 5.75 Å². The number of hydrogen-bond donors (Lipinski definition) is 1. The molecule has 1 saturated heterocycles. The fraction of sp³-hybridized carbons (Fsp3) is 0.500. The van der Waals surface area contributed by atoms with Crippen molar-refractivity contribution in [1.82, 2.24) is 5.32 Å². The lowest BCUT2D eigenvalue weighted by Gasteiger charge is -2.25. The summed E-state index contributed by atoms with van der Waals surface area (Å²) in [6, 6.07) is 9.37. The van der Waals surface area contributed by atoms with Gasteiger partial charge in [0.25, 0.3) is 0 Å². The van der Waals surface area contributed by atoms with Gasteiger partial charge >= 0.3 is 0 Å². The van der Waals surface area contributed by atoms with Crippen LogP contribution in [0.15, 0.2) is 30.3 Å². The first kappa shape index (κ1) is 12.5. The number of hydrogen-bond acceptors (Lipinski definition) is 4. The van der Waals surface area contributed by atoms with E-state index in [4.69, 9.17) is 4.74 Å². The number of para-hydroxylation sites is 1. The summed E-state index contributed by atoms with van der Waals surface area (Å²) in [5.41, 5.74) is 0. The van der Waals surface area contributed by atoms with E-state index in [1.54, 1.807) is 0 Å². The highest BCUT2D eigenvalue weighted by atomic mass is 32.2. The van der Waals surface area contributed by atoms with E-state index < -0.39 is 11.1 Å². The van der Waals surface area contributed by atoms with Crippen LogP contribution < -0.4 is 10.1 Å². The summed E-state index contributed by atoms with van der Waals surface area (Å²) in [6.07, 6.45) is 0.708. The summed E-state index contributed by atoms with van der Waals surface area (Å²) in [4.78, 5) is 0. The van der Waals surface area contributed by atoms with Gasteiger partial charge in [0, 0.05) is 18.2 Å². The van der Waals surface area contributed by atoms with Crippen molar-refractivity contribution in [2.24, 2.45) is 5.92 Å². The van der Waals surface area contributed by atoms with Crippen LogP contribution in [-0.4, -0.2) is 33.7 Å². The Morgan fingerprint density at radius 1 is 1.47 bits per heavy atom. The van der Waals surface area contributed by atoms with Crippen molar-refractivity contribution in [3.05, 3.63) is 30.3 Å². The molecule has 1 aliphatic heterocycles. The maximum absolute atomic E-state index is 10.9. The zero-order valence-corrected chi connectivity index (χ0v) is 10.3. The molecular formula is C12H16NO3S-. The van der Waals surface area contributed by atoms with Crippen LogP contribution in [-0.2, 0) is 11.1 Å². The minimum atomic E-state index is -2.07. The van der Waals surface area contributed by atoms with Gasteiger partial charge in [-0.15, -0.1) is 0 Å². The molecule has 94 valence electrons. The fourth-order valence-electron chi connectivity index (χ4n) is 2.07. The van der Waals surface area contributed by atoms with Gasteiger partial charge < -0.3 is 14.6 Å². The lowest BCUT2D eigenvalue weighted by molar-refractivity contribution is 0.163. The van der Waals surface area contributed by atoms with Crippen molar-refractivity contribution >= 4 is 11.1 Å². The van der Waals surface area contributed by atoms with Gasteiger partial charge in [0.05, 0.1) is 0 Å². The number of benzene rings is 1. The quantitative estimate of drug-likeness (QED) is 0.794. The molecule has 4 nitrogen and oxygen atoms in total. The van der Waals surface area contributed by atoms with E-state index in [0.29, 0.717) is 0 Å². The van der Waals surface area contributed by atoms with Crippen molar-refractivity contribution in [3.63, 3.8) is 0 Å². The summed E-state index contributed by atoms with van der Waals surface area (Å²) < 4.78 is 27.5. The molecule has 1 heterocycles. The summed E-state index contributed by atoms with van der Waals surface area (Å²) in [5.74, 6) is 1.06. The van der Waals surface area contributed by atoms with Crippen molar-refractivity contribution in [1.29, 1.82) is 0 Å². The van der Waals surface area contributed by atoms with Crippen molar-refractivity contribution in [2.45, 2.75) is 12.5 Å². The molecule has 1 fully saturated rings. The Bertz CT molecular complexity index is 365. The van der Waals surface area contributed by atoms with Gasteiger partial charge in [-0.25, -0.2) is 0 Å². The van der Waals surface area contributed by atoms with Crippen LogP contribution in [0.25, 0.3) is 0 Å². The minimum Gasteiger partial charge on any atom is -0.772 e. The third-order valence-corrected chi connectivity index (χ3v) is 3.56. The van der Waals surface area contributed by atoms with E-state index in [9.17, 15) is 8.76 Å². The Hall–Kier alpha value is -0.910. The number of nitrogens with one attached hydrogen (secondary N) is 1. The maximum atomic E-state index is 10.9. The van der Waals surface area contributed by atoms with Gasteiger partial charge in [-0.05, 0) is 25.1 Å². The van der Waals surface area contributed by atoms with Crippen LogP contribution in [0.2, 0.25) is 0 Å². The molecule has 1 aromatic rings. The number of rotatable bonds is 5. The molecule has 5 heteroatoms. The molecule has 0 amide bonds. The second-order valence-corrected chi connectivity index (χ2v) is 5.13. The van der Waals surface area contributed by atoms with E-state index >= 15 is 0 Å². The molecular weight excluding hydrogens is 238 g/mol. The second kappa shape index (κ2) is 6.14. The zero-order valence-electron chi connectivity index (χ0n) is 9.50. The predicted molar refractivity (Wildman–Crippen MR) is 65.6 cm³/mol. The first-order valence-electron chi connectivity index (χ1n) is 5.74. The van der Waals surface area contributed by atoms with E-state index in [0.717, 1.165) is 25.3 Å². The molecule has 0 saturated carbocycles. The summed E-state index contributed by atoms with van der Waals surface area (Å²) in [6.45, 7) is 1.76. The molecule has 2 rings (SSSR count). The van der Waals surface area contributed by atoms with E-state index in [1.165, 1.54) is 0 Å². The number of ether oxygens (including phenoxy) is 1. The Balaban J connectivity index is 2.02. The Labute approximate surface area is 104 Å². The monoisotopic (exact) mass is 254 g/mol. The van der Waals surface area contributed by atoms with Crippen LogP contribution in [0.3, 0.4) is 0 Å². The molecule has 0 bridgehead atoms. The van der Waals surface area contributed by atoms with Gasteiger partial charge in [-0.1, -0.05) is 29.3 Å². The lowest BCUT2D eigenvalue weighted by atomic mass is 10.0. The highest BCUT2D eigenvalue weighted by Crippen LogP contribution is 2.20. The van der Waals surface area contributed by atoms with Crippen molar-refractivity contribution in [3.8, 4) is 5.75 Å². The van der Waals surface area contributed by atoms with Gasteiger partial charge in [0.1, 0.15) is 11.9 Å². The van der Waals surface area contributed by atoms with E-state index in [2.05, 4.69) is 5.32 Å². The Morgan fingerprint density at radius 3 is 2.82 bits per heavy atom. The standard InChI is InChI=1S/C12H17NO3S/c14-17(15)9-12(10-6-7-13-8-10)16-11-4-2-1-3-5-11/h1-5,10,12-13H,6-9H2,(H,14,15)/p-1. The smallest absolute Gasteiger partial charge is 0.119 e. The topological polar surface area (TPSA) is 61.4 Å². The minimum absolute atomic E-state index is 0.0568. The third kappa shape index (κ3) is 3.80. The van der Waals surface area contributed by atoms with Crippen molar-refractivity contribution in [2.75, 3.05) is 18.8 Å². The van der Waals surface area contributed by atoms with Gasteiger partial charge in [0.2, 0.25) is 0 Å². The Kier molecular flexibility index (Phi) is 4.53. The van der Waals surface area contributed by atoms with E-state index in [-0.39, 0.29) is 17.8 Å². The first-order valence-corrected chi connectivity index (χ1v) is 6.98. The van der Waals surface area contributed by atoms with Gasteiger partial charge in [-0.3, -0.25) is 4.21 Å². The molecule has 0 aliphatic carbocycles. The van der Waals surface area contributed by atoms with Crippen LogP contribution in [0.4, 0.5) is 0 Å². The average Bonchev–Trinajstić information content (AvgIpc) is 2.82. The molecule has 3 atom stereocenters. The summed E-state index contributed by atoms with van der Waals surface area (Å²) in [7, 11) is 0. The molecule has 17 heavy (non-hydrogen) atoms. The largest absolute Gasteiger partial charge is 0.772 e. The summed E-state index contributed by atoms with van der Waals surface area (Å²) in [5, 5.41) is 3.23. The lowest BCUT2D eigenvalue weighted by Crippen LogP contribution is -2.33. The highest BCUT2D eigenvalue weighted by Gasteiger charge is 2.26. The molecule has 1 aromatic carbocycles. The molecule has 0 spiro atoms. The van der Waals surface area contributed by atoms with Crippen LogP contribution in [0.1, 0.15) is 6.42 Å². The molecule has 1 aliphatic rings. The predicted octanol–water partition coefficient (Wildman–Crippen LogP) is 0.923. The van der Waals surface area contributed by atoms with Gasteiger partial charge in [-0.2, -0.15) is 0 Å². The summed E-state index contributed by atoms with van der Waals surface area (Å²) >= 11 is -2.07. The SMILES string of the molecule is O=S([O-])CC(Oc1ccccc1)C1CCNC1. The average molecular weight is 254 g/mol. The molecule has 3 unspecified atom stereocenters. The second-order valence-electron chi connectivity index (χ2n) is 4.19. The third-order valence-electron chi connectivity index (χ3n) is 2.96. The molecule has 1 N–H and O–H groups in total. The zero-order chi connectivity index (χ0) is 12.1. The van der Waals surface area contributed by atoms with Crippen LogP contribution >= 0.6 is 0 Å². The first-order chi connectivity index (χ1) is 8.25. The highest BCUT2D eigenvalue weighted by molar-refractivity contribution is 7.79. The fourth-order valence-corrected chi connectivity index (χ4v) is 2.68. The Morgan fingerprint density at radius 2 is 2.24 bits per heavy atom. The van der Waals surface area contributed by atoms with Crippen LogP contribution in [0, 0.1) is 5.92 Å². The normalized spacial score (nSPS) is 23.2. The van der Waals surface area contributed by atoms with Crippen molar-refractivity contribution < 1.29 is 13.5 Å². The molecule has 0 aromatic heterocycles. The van der Waals surface area contributed by atoms with E-state index in [1.807, 2.05) is 30.3 Å². The maximum Gasteiger partial charge on any atom is 0.119 e.